The number of ether oxygens (including phenoxy) is 1. The van der Waals surface area contributed by atoms with Crippen molar-refractivity contribution in [2.45, 2.75) is 6.54 Å². The fourth-order valence-electron chi connectivity index (χ4n) is 3.46. The average Bonchev–Trinajstić information content (AvgIpc) is 2.76. The van der Waals surface area contributed by atoms with Crippen LogP contribution in [0.25, 0.3) is 0 Å². The number of phenolic OH excluding ortho intramolecular Hbond substituents is 1. The standard InChI is InChI=1S/C24H25N3O2S/c28-21-6-4-5-19(17-21)18-26-13-15-27(16-14-26)24(30)25-20-9-11-23(12-10-20)29-22-7-2-1-3-8-22/h1-12,17,28H,13-16,18H2,(H,25,30). The number of para-hydroxylation sites is 1. The quantitative estimate of drug-likeness (QED) is 0.585. The predicted octanol–water partition coefficient (Wildman–Crippen LogP) is 4.70. The Bertz CT molecular complexity index is 971. The van der Waals surface area contributed by atoms with Crippen LogP contribution in [0.1, 0.15) is 5.56 Å². The number of piperazine rings is 1. The molecule has 6 heteroatoms. The van der Waals surface area contributed by atoms with Crippen LogP contribution < -0.4 is 10.1 Å². The molecule has 5 nitrogen and oxygen atoms in total. The predicted molar refractivity (Wildman–Crippen MR) is 124 cm³/mol. The van der Waals surface area contributed by atoms with Gasteiger partial charge in [0.05, 0.1) is 0 Å². The maximum absolute atomic E-state index is 9.63. The van der Waals surface area contributed by atoms with Gasteiger partial charge in [0.25, 0.3) is 0 Å². The molecule has 0 radical (unpaired) electrons. The van der Waals surface area contributed by atoms with Crippen molar-refractivity contribution in [1.82, 2.24) is 9.80 Å². The van der Waals surface area contributed by atoms with Crippen LogP contribution in [0.5, 0.6) is 17.2 Å². The number of phenols is 1. The Morgan fingerprint density at radius 1 is 0.867 bits per heavy atom. The van der Waals surface area contributed by atoms with E-state index in [2.05, 4.69) is 15.1 Å². The first-order chi connectivity index (χ1) is 14.7. The Hall–Kier alpha value is -3.09. The molecule has 0 spiro atoms. The first kappa shape index (κ1) is 20.2. The molecular formula is C24H25N3O2S. The molecule has 3 aromatic rings. The van der Waals surface area contributed by atoms with E-state index >= 15 is 0 Å². The molecule has 1 aliphatic rings. The van der Waals surface area contributed by atoms with E-state index in [1.807, 2.05) is 72.8 Å². The zero-order chi connectivity index (χ0) is 20.8. The van der Waals surface area contributed by atoms with E-state index < -0.39 is 0 Å². The molecule has 1 heterocycles. The Morgan fingerprint density at radius 3 is 2.27 bits per heavy atom. The number of benzene rings is 3. The third kappa shape index (κ3) is 5.49. The van der Waals surface area contributed by atoms with Gasteiger partial charge in [0.15, 0.2) is 5.11 Å². The van der Waals surface area contributed by atoms with Gasteiger partial charge < -0.3 is 20.1 Å². The van der Waals surface area contributed by atoms with Crippen molar-refractivity contribution in [2.75, 3.05) is 31.5 Å². The summed E-state index contributed by atoms with van der Waals surface area (Å²) in [5.74, 6) is 1.92. The van der Waals surface area contributed by atoms with Gasteiger partial charge in [-0.05, 0) is 66.3 Å². The van der Waals surface area contributed by atoms with Crippen molar-refractivity contribution < 1.29 is 9.84 Å². The maximum atomic E-state index is 9.63. The SMILES string of the molecule is Oc1cccc(CN2CCN(C(=S)Nc3ccc(Oc4ccccc4)cc3)CC2)c1. The van der Waals surface area contributed by atoms with Crippen molar-refractivity contribution in [3.05, 3.63) is 84.4 Å². The summed E-state index contributed by atoms with van der Waals surface area (Å²) < 4.78 is 5.83. The van der Waals surface area contributed by atoms with Crippen molar-refractivity contribution in [2.24, 2.45) is 0 Å². The van der Waals surface area contributed by atoms with Crippen molar-refractivity contribution in [1.29, 1.82) is 0 Å². The molecule has 1 aliphatic heterocycles. The molecule has 0 saturated carbocycles. The van der Waals surface area contributed by atoms with Gasteiger partial charge >= 0.3 is 0 Å². The summed E-state index contributed by atoms with van der Waals surface area (Å²) in [6, 6.07) is 25.0. The zero-order valence-corrected chi connectivity index (χ0v) is 17.5. The van der Waals surface area contributed by atoms with Crippen molar-refractivity contribution in [3.63, 3.8) is 0 Å². The summed E-state index contributed by atoms with van der Waals surface area (Å²) in [4.78, 5) is 4.58. The van der Waals surface area contributed by atoms with Crippen molar-refractivity contribution >= 4 is 23.0 Å². The van der Waals surface area contributed by atoms with Crippen LogP contribution >= 0.6 is 12.2 Å². The summed E-state index contributed by atoms with van der Waals surface area (Å²) in [6.45, 7) is 4.45. The molecule has 1 fully saturated rings. The minimum atomic E-state index is 0.316. The third-order valence-electron chi connectivity index (χ3n) is 5.06. The van der Waals surface area contributed by atoms with Gasteiger partial charge in [-0.25, -0.2) is 0 Å². The van der Waals surface area contributed by atoms with Gasteiger partial charge in [0.2, 0.25) is 0 Å². The largest absolute Gasteiger partial charge is 0.508 e. The van der Waals surface area contributed by atoms with E-state index in [4.69, 9.17) is 17.0 Å². The lowest BCUT2D eigenvalue weighted by molar-refractivity contribution is 0.177. The van der Waals surface area contributed by atoms with Crippen LogP contribution in [0.4, 0.5) is 5.69 Å². The van der Waals surface area contributed by atoms with Gasteiger partial charge in [-0.1, -0.05) is 30.3 Å². The summed E-state index contributed by atoms with van der Waals surface area (Å²) in [6.07, 6.45) is 0. The lowest BCUT2D eigenvalue weighted by Gasteiger charge is -2.36. The van der Waals surface area contributed by atoms with Crippen LogP contribution in [0.15, 0.2) is 78.9 Å². The Balaban J connectivity index is 1.25. The number of aromatic hydroxyl groups is 1. The lowest BCUT2D eigenvalue weighted by atomic mass is 10.2. The van der Waals surface area contributed by atoms with Crippen LogP contribution in [0.3, 0.4) is 0 Å². The normalized spacial score (nSPS) is 14.3. The van der Waals surface area contributed by atoms with Gasteiger partial charge in [-0.2, -0.15) is 0 Å². The van der Waals surface area contributed by atoms with E-state index in [1.165, 1.54) is 0 Å². The van der Waals surface area contributed by atoms with E-state index in [-0.39, 0.29) is 0 Å². The van der Waals surface area contributed by atoms with Crippen LogP contribution in [0.2, 0.25) is 0 Å². The summed E-state index contributed by atoms with van der Waals surface area (Å²) in [7, 11) is 0. The molecular weight excluding hydrogens is 394 g/mol. The molecule has 0 aliphatic carbocycles. The van der Waals surface area contributed by atoms with Gasteiger partial charge in [-0.15, -0.1) is 0 Å². The molecule has 154 valence electrons. The second-order valence-electron chi connectivity index (χ2n) is 7.30. The Kier molecular flexibility index (Phi) is 6.47. The van der Waals surface area contributed by atoms with Gasteiger partial charge in [0.1, 0.15) is 17.2 Å². The topological polar surface area (TPSA) is 48.0 Å². The van der Waals surface area contributed by atoms with Crippen LogP contribution in [0, 0.1) is 0 Å². The second-order valence-corrected chi connectivity index (χ2v) is 7.69. The minimum absolute atomic E-state index is 0.316. The molecule has 0 amide bonds. The molecule has 3 aromatic carbocycles. The highest BCUT2D eigenvalue weighted by Crippen LogP contribution is 2.23. The van der Waals surface area contributed by atoms with Crippen LogP contribution in [-0.4, -0.2) is 46.2 Å². The average molecular weight is 420 g/mol. The molecule has 2 N–H and O–H groups in total. The number of thiocarbonyl (C=S) groups is 1. The molecule has 30 heavy (non-hydrogen) atoms. The van der Waals surface area contributed by atoms with Gasteiger partial charge in [-0.3, -0.25) is 4.90 Å². The molecule has 0 unspecified atom stereocenters. The zero-order valence-electron chi connectivity index (χ0n) is 16.7. The monoisotopic (exact) mass is 419 g/mol. The fraction of sp³-hybridized carbons (Fsp3) is 0.208. The summed E-state index contributed by atoms with van der Waals surface area (Å²) in [5.41, 5.74) is 2.07. The number of hydrogen-bond donors (Lipinski definition) is 2. The third-order valence-corrected chi connectivity index (χ3v) is 5.42. The van der Waals surface area contributed by atoms with E-state index in [9.17, 15) is 5.11 Å². The number of hydrogen-bond acceptors (Lipinski definition) is 4. The van der Waals surface area contributed by atoms with Crippen LogP contribution in [-0.2, 0) is 6.54 Å². The molecule has 0 aromatic heterocycles. The first-order valence-electron chi connectivity index (χ1n) is 10.0. The molecule has 1 saturated heterocycles. The number of anilines is 1. The van der Waals surface area contributed by atoms with Crippen molar-refractivity contribution in [3.8, 4) is 17.2 Å². The highest BCUT2D eigenvalue weighted by Gasteiger charge is 2.19. The first-order valence-corrected chi connectivity index (χ1v) is 10.5. The molecule has 4 rings (SSSR count). The Morgan fingerprint density at radius 2 is 1.57 bits per heavy atom. The smallest absolute Gasteiger partial charge is 0.173 e. The molecule has 0 bridgehead atoms. The second kappa shape index (κ2) is 9.61. The highest BCUT2D eigenvalue weighted by atomic mass is 32.1. The number of nitrogens with one attached hydrogen (secondary N) is 1. The van der Waals surface area contributed by atoms with E-state index in [0.29, 0.717) is 5.75 Å². The fourth-order valence-corrected chi connectivity index (χ4v) is 3.76. The number of nitrogens with zero attached hydrogens (tertiary/aromatic N) is 2. The summed E-state index contributed by atoms with van der Waals surface area (Å²) >= 11 is 5.61. The number of rotatable bonds is 5. The lowest BCUT2D eigenvalue weighted by Crippen LogP contribution is -2.49. The molecule has 0 atom stereocenters. The van der Waals surface area contributed by atoms with E-state index in [1.54, 1.807) is 6.07 Å². The summed E-state index contributed by atoms with van der Waals surface area (Å²) in [5, 5.41) is 13.7. The Labute approximate surface area is 182 Å². The maximum Gasteiger partial charge on any atom is 0.173 e. The minimum Gasteiger partial charge on any atom is -0.508 e. The highest BCUT2D eigenvalue weighted by molar-refractivity contribution is 7.80. The van der Waals surface area contributed by atoms with Gasteiger partial charge in [0, 0.05) is 38.4 Å². The van der Waals surface area contributed by atoms with E-state index in [0.717, 1.165) is 60.6 Å².